The second-order valence-electron chi connectivity index (χ2n) is 6.39. The minimum Gasteiger partial charge on any atom is -0.314 e. The molecule has 1 heteroatoms. The van der Waals surface area contributed by atoms with Gasteiger partial charge in [-0.3, -0.25) is 0 Å². The van der Waals surface area contributed by atoms with Gasteiger partial charge in [0.15, 0.2) is 0 Å². The van der Waals surface area contributed by atoms with Gasteiger partial charge in [-0.2, -0.15) is 0 Å². The highest BCUT2D eigenvalue weighted by molar-refractivity contribution is 4.78. The fourth-order valence-corrected chi connectivity index (χ4v) is 2.66. The molecule has 0 amide bonds. The van der Waals surface area contributed by atoms with E-state index in [1.807, 2.05) is 0 Å². The average molecular weight is 211 g/mol. The maximum absolute atomic E-state index is 3.61. The maximum atomic E-state index is 3.61. The molecule has 0 aliphatic heterocycles. The summed E-state index contributed by atoms with van der Waals surface area (Å²) in [5.41, 5.74) is 0.519. The third-order valence-electron chi connectivity index (χ3n) is 3.58. The molecule has 0 spiro atoms. The van der Waals surface area contributed by atoms with Crippen molar-refractivity contribution in [1.29, 1.82) is 0 Å². The van der Waals surface area contributed by atoms with Gasteiger partial charge < -0.3 is 5.32 Å². The fourth-order valence-electron chi connectivity index (χ4n) is 2.66. The van der Waals surface area contributed by atoms with Gasteiger partial charge in [0.05, 0.1) is 0 Å². The highest BCUT2D eigenvalue weighted by atomic mass is 14.9. The molecule has 1 nitrogen and oxygen atoms in total. The highest BCUT2D eigenvalue weighted by Crippen LogP contribution is 2.32. The van der Waals surface area contributed by atoms with Gasteiger partial charge in [-0.1, -0.05) is 40.5 Å². The first-order chi connectivity index (χ1) is 7.01. The van der Waals surface area contributed by atoms with E-state index in [1.165, 1.54) is 38.5 Å². The van der Waals surface area contributed by atoms with Crippen molar-refractivity contribution in [3.8, 4) is 0 Å². The first-order valence-electron chi connectivity index (χ1n) is 6.74. The van der Waals surface area contributed by atoms with Crippen molar-refractivity contribution in [2.24, 2.45) is 11.3 Å². The van der Waals surface area contributed by atoms with Crippen molar-refractivity contribution in [2.75, 3.05) is 6.54 Å². The lowest BCUT2D eigenvalue weighted by molar-refractivity contribution is 0.240. The van der Waals surface area contributed by atoms with Gasteiger partial charge in [-0.15, -0.1) is 0 Å². The molecule has 1 N–H and O–H groups in total. The second kappa shape index (κ2) is 5.89. The number of hydrogen-bond acceptors (Lipinski definition) is 1. The Bertz CT molecular complexity index is 167. The van der Waals surface area contributed by atoms with Crippen LogP contribution in [0.4, 0.5) is 0 Å². The van der Waals surface area contributed by atoms with E-state index in [4.69, 9.17) is 0 Å². The zero-order chi connectivity index (χ0) is 11.3. The quantitative estimate of drug-likeness (QED) is 0.741. The lowest BCUT2D eigenvalue weighted by atomic mass is 9.79. The topological polar surface area (TPSA) is 12.0 Å². The van der Waals surface area contributed by atoms with Crippen molar-refractivity contribution in [2.45, 2.75) is 72.3 Å². The fraction of sp³-hybridized carbons (Fsp3) is 1.00. The van der Waals surface area contributed by atoms with Crippen LogP contribution >= 0.6 is 0 Å². The molecule has 1 aliphatic carbocycles. The molecule has 0 aromatic carbocycles. The third-order valence-corrected chi connectivity index (χ3v) is 3.58. The summed E-state index contributed by atoms with van der Waals surface area (Å²) in [5.74, 6) is 0.988. The lowest BCUT2D eigenvalue weighted by Crippen LogP contribution is -2.34. The standard InChI is InChI=1S/C14H29N/c1-5-15-13-8-6-7-12(11-13)9-10-14(2,3)4/h12-13,15H,5-11H2,1-4H3. The number of nitrogens with one attached hydrogen (secondary N) is 1. The Hall–Kier alpha value is -0.0400. The van der Waals surface area contributed by atoms with Gasteiger partial charge in [0.1, 0.15) is 0 Å². The second-order valence-corrected chi connectivity index (χ2v) is 6.39. The van der Waals surface area contributed by atoms with Gasteiger partial charge in [0.25, 0.3) is 0 Å². The lowest BCUT2D eigenvalue weighted by Gasteiger charge is -2.31. The molecule has 15 heavy (non-hydrogen) atoms. The Morgan fingerprint density at radius 2 is 1.93 bits per heavy atom. The van der Waals surface area contributed by atoms with E-state index < -0.39 is 0 Å². The van der Waals surface area contributed by atoms with Gasteiger partial charge in [-0.05, 0) is 43.6 Å². The molecular formula is C14H29N. The molecule has 0 radical (unpaired) electrons. The Labute approximate surface area is 96.0 Å². The van der Waals surface area contributed by atoms with Crippen molar-refractivity contribution in [1.82, 2.24) is 5.32 Å². The molecule has 0 saturated heterocycles. The third kappa shape index (κ3) is 5.55. The predicted molar refractivity (Wildman–Crippen MR) is 68.1 cm³/mol. The Balaban J connectivity index is 2.24. The van der Waals surface area contributed by atoms with Crippen LogP contribution in [-0.4, -0.2) is 12.6 Å². The van der Waals surface area contributed by atoms with Gasteiger partial charge >= 0.3 is 0 Å². The predicted octanol–water partition coefficient (Wildman–Crippen LogP) is 3.98. The van der Waals surface area contributed by atoms with Crippen molar-refractivity contribution >= 4 is 0 Å². The largest absolute Gasteiger partial charge is 0.314 e. The van der Waals surface area contributed by atoms with Crippen LogP contribution in [0, 0.1) is 11.3 Å². The van der Waals surface area contributed by atoms with E-state index in [0.717, 1.165) is 18.5 Å². The van der Waals surface area contributed by atoms with E-state index >= 15 is 0 Å². The number of hydrogen-bond donors (Lipinski definition) is 1. The average Bonchev–Trinajstić information content (AvgIpc) is 2.15. The summed E-state index contributed by atoms with van der Waals surface area (Å²) in [6.07, 6.45) is 8.55. The zero-order valence-electron chi connectivity index (χ0n) is 11.1. The minimum atomic E-state index is 0.519. The summed E-state index contributed by atoms with van der Waals surface area (Å²) in [6.45, 7) is 10.4. The Morgan fingerprint density at radius 1 is 1.20 bits per heavy atom. The van der Waals surface area contributed by atoms with Crippen molar-refractivity contribution in [3.05, 3.63) is 0 Å². The number of rotatable bonds is 4. The SMILES string of the molecule is CCNC1CCCC(CCC(C)(C)C)C1. The monoisotopic (exact) mass is 211 g/mol. The van der Waals surface area contributed by atoms with Crippen LogP contribution in [-0.2, 0) is 0 Å². The Morgan fingerprint density at radius 3 is 2.53 bits per heavy atom. The minimum absolute atomic E-state index is 0.519. The molecule has 1 fully saturated rings. The van der Waals surface area contributed by atoms with Gasteiger partial charge in [0.2, 0.25) is 0 Å². The van der Waals surface area contributed by atoms with E-state index in [9.17, 15) is 0 Å². The highest BCUT2D eigenvalue weighted by Gasteiger charge is 2.22. The molecule has 90 valence electrons. The molecule has 2 unspecified atom stereocenters. The first-order valence-corrected chi connectivity index (χ1v) is 6.74. The molecule has 0 aromatic heterocycles. The van der Waals surface area contributed by atoms with Gasteiger partial charge in [0, 0.05) is 6.04 Å². The molecule has 0 heterocycles. The summed E-state index contributed by atoms with van der Waals surface area (Å²) in [4.78, 5) is 0. The van der Waals surface area contributed by atoms with Crippen LogP contribution in [0.5, 0.6) is 0 Å². The van der Waals surface area contributed by atoms with E-state index in [-0.39, 0.29) is 0 Å². The van der Waals surface area contributed by atoms with E-state index in [2.05, 4.69) is 33.0 Å². The molecular weight excluding hydrogens is 182 g/mol. The van der Waals surface area contributed by atoms with Gasteiger partial charge in [-0.25, -0.2) is 0 Å². The molecule has 1 aliphatic rings. The van der Waals surface area contributed by atoms with Crippen molar-refractivity contribution < 1.29 is 0 Å². The Kier molecular flexibility index (Phi) is 5.11. The van der Waals surface area contributed by atoms with Crippen LogP contribution in [0.15, 0.2) is 0 Å². The molecule has 0 aromatic rings. The normalized spacial score (nSPS) is 28.0. The van der Waals surface area contributed by atoms with Crippen LogP contribution in [0.3, 0.4) is 0 Å². The molecule has 2 atom stereocenters. The van der Waals surface area contributed by atoms with Crippen LogP contribution in [0.2, 0.25) is 0 Å². The van der Waals surface area contributed by atoms with Crippen molar-refractivity contribution in [3.63, 3.8) is 0 Å². The summed E-state index contributed by atoms with van der Waals surface area (Å²) >= 11 is 0. The van der Waals surface area contributed by atoms with Crippen LogP contribution in [0.25, 0.3) is 0 Å². The van der Waals surface area contributed by atoms with E-state index in [1.54, 1.807) is 0 Å². The van der Waals surface area contributed by atoms with Crippen LogP contribution in [0.1, 0.15) is 66.2 Å². The smallest absolute Gasteiger partial charge is 0.00695 e. The maximum Gasteiger partial charge on any atom is 0.00695 e. The van der Waals surface area contributed by atoms with Crippen LogP contribution < -0.4 is 5.32 Å². The summed E-state index contributed by atoms with van der Waals surface area (Å²) < 4.78 is 0. The molecule has 1 saturated carbocycles. The zero-order valence-corrected chi connectivity index (χ0v) is 11.1. The summed E-state index contributed by atoms with van der Waals surface area (Å²) in [6, 6.07) is 0.814. The first kappa shape index (κ1) is 13.0. The molecule has 0 bridgehead atoms. The summed E-state index contributed by atoms with van der Waals surface area (Å²) in [7, 11) is 0. The van der Waals surface area contributed by atoms with E-state index in [0.29, 0.717) is 5.41 Å². The summed E-state index contributed by atoms with van der Waals surface area (Å²) in [5, 5.41) is 3.61. The molecule has 1 rings (SSSR count).